The van der Waals surface area contributed by atoms with Crippen molar-refractivity contribution in [3.63, 3.8) is 0 Å². The molecule has 5 N–H and O–H groups in total. The summed E-state index contributed by atoms with van der Waals surface area (Å²) in [7, 11) is 0. The van der Waals surface area contributed by atoms with Crippen LogP contribution >= 0.6 is 11.6 Å². The molecular weight excluding hydrogens is 676 g/mol. The van der Waals surface area contributed by atoms with E-state index in [2.05, 4.69) is 56.9 Å². The molecule has 0 saturated carbocycles. The Kier molecular flexibility index (Phi) is 14.5. The van der Waals surface area contributed by atoms with Gasteiger partial charge in [-0.3, -0.25) is 24.7 Å². The number of carbonyl (C=O) groups excluding carboxylic acids is 4. The minimum atomic E-state index is -0.485. The predicted octanol–water partition coefficient (Wildman–Crippen LogP) is 5.39. The molecule has 0 radical (unpaired) electrons. The smallest absolute Gasteiger partial charge is 0.407 e. The average molecular weight is 725 g/mol. The van der Waals surface area contributed by atoms with Crippen LogP contribution in [-0.2, 0) is 14.3 Å². The molecule has 1 aliphatic rings. The minimum Gasteiger partial charge on any atom is -0.448 e. The zero-order chi connectivity index (χ0) is 37.9. The number of ketones is 1. The molecular formula is C36H49ClN8O6. The normalized spacial score (nSPS) is 14.5. The SMILES string of the molecule is CCN(CCOC(=O)NCCC(C)CC(C)(C)CNC(=O)Nc1nc(C)cc(=O)[nH]1)c1ccc(N=C2C=C(NC(C)=O)C(=O)C(Cl)=C2C)c(C)c1. The second-order valence-corrected chi connectivity index (χ2v) is 13.8. The number of alkyl carbamates (subject to hydrolysis) is 1. The molecule has 15 heteroatoms. The highest BCUT2D eigenvalue weighted by Crippen LogP contribution is 2.29. The molecule has 3 rings (SSSR count). The fourth-order valence-electron chi connectivity index (χ4n) is 5.62. The van der Waals surface area contributed by atoms with Gasteiger partial charge in [0.1, 0.15) is 6.61 Å². The number of anilines is 2. The van der Waals surface area contributed by atoms with Gasteiger partial charge in [-0.2, -0.15) is 0 Å². The number of likely N-dealkylation sites (N-methyl/N-ethyl adjacent to an activating group) is 1. The van der Waals surface area contributed by atoms with E-state index >= 15 is 0 Å². The number of rotatable bonds is 15. The number of amides is 4. The average Bonchev–Trinajstić information content (AvgIpc) is 3.03. The van der Waals surface area contributed by atoms with Gasteiger partial charge in [0, 0.05) is 44.0 Å². The molecule has 1 atom stereocenters. The highest BCUT2D eigenvalue weighted by Gasteiger charge is 2.25. The molecule has 1 unspecified atom stereocenters. The van der Waals surface area contributed by atoms with E-state index in [0.29, 0.717) is 48.8 Å². The van der Waals surface area contributed by atoms with Gasteiger partial charge in [-0.05, 0) is 87.3 Å². The van der Waals surface area contributed by atoms with Gasteiger partial charge < -0.3 is 25.6 Å². The van der Waals surface area contributed by atoms with Crippen LogP contribution in [0.4, 0.5) is 26.9 Å². The standard InChI is InChI=1S/C36H49ClN8O6/c1-9-45(26-10-11-27(22(3)16-26)42-28-18-29(41-25(6)46)32(48)31(37)24(28)5)14-15-51-35(50)38-13-12-21(2)19-36(7,8)20-39-34(49)44-33-40-23(4)17-30(47)43-33/h10-11,16-18,21H,9,12-15,19-20H2,1-8H3,(H,38,50)(H,41,46)(H3,39,40,43,44,47,49). The van der Waals surface area contributed by atoms with Crippen molar-refractivity contribution >= 4 is 58.5 Å². The summed E-state index contributed by atoms with van der Waals surface area (Å²) in [5.74, 6) is -0.475. The van der Waals surface area contributed by atoms with Gasteiger partial charge in [-0.15, -0.1) is 0 Å². The summed E-state index contributed by atoms with van der Waals surface area (Å²) >= 11 is 6.25. The first-order valence-electron chi connectivity index (χ1n) is 16.9. The van der Waals surface area contributed by atoms with Gasteiger partial charge in [0.2, 0.25) is 17.6 Å². The van der Waals surface area contributed by atoms with Gasteiger partial charge in [0.05, 0.1) is 28.7 Å². The number of halogens is 1. The third kappa shape index (κ3) is 12.7. The number of ether oxygens (including phenoxy) is 1. The number of nitrogens with one attached hydrogen (secondary N) is 5. The Morgan fingerprint density at radius 3 is 2.47 bits per heavy atom. The molecule has 1 heterocycles. The number of aromatic amines is 1. The fourth-order valence-corrected chi connectivity index (χ4v) is 5.82. The molecule has 2 aromatic rings. The van der Waals surface area contributed by atoms with E-state index < -0.39 is 17.9 Å². The lowest BCUT2D eigenvalue weighted by molar-refractivity contribution is -0.120. The number of nitrogens with zero attached hydrogens (tertiary/aromatic N) is 3. The van der Waals surface area contributed by atoms with Crippen molar-refractivity contribution in [3.8, 4) is 0 Å². The van der Waals surface area contributed by atoms with Gasteiger partial charge >= 0.3 is 12.1 Å². The lowest BCUT2D eigenvalue weighted by Gasteiger charge is -2.28. The summed E-state index contributed by atoms with van der Waals surface area (Å²) in [5.41, 5.74) is 3.55. The summed E-state index contributed by atoms with van der Waals surface area (Å²) in [6.45, 7) is 17.1. The first kappa shape index (κ1) is 40.4. The topological polar surface area (TPSA) is 187 Å². The number of benzene rings is 1. The maximum atomic E-state index is 12.4. The number of hydrogen-bond acceptors (Lipinski definition) is 9. The predicted molar refractivity (Wildman–Crippen MR) is 200 cm³/mol. The Bertz CT molecular complexity index is 1780. The summed E-state index contributed by atoms with van der Waals surface area (Å²) in [6.07, 6.45) is 2.58. The molecule has 0 aliphatic heterocycles. The first-order valence-corrected chi connectivity index (χ1v) is 17.2. The molecule has 14 nitrogen and oxygen atoms in total. The van der Waals surface area contributed by atoms with E-state index in [4.69, 9.17) is 21.3 Å². The zero-order valence-electron chi connectivity index (χ0n) is 30.6. The molecule has 0 spiro atoms. The van der Waals surface area contributed by atoms with Crippen LogP contribution in [0.2, 0.25) is 0 Å². The van der Waals surface area contributed by atoms with E-state index in [1.165, 1.54) is 19.1 Å². The van der Waals surface area contributed by atoms with Crippen LogP contribution in [0.15, 0.2) is 56.4 Å². The highest BCUT2D eigenvalue weighted by atomic mass is 35.5. The van der Waals surface area contributed by atoms with Crippen molar-refractivity contribution in [1.82, 2.24) is 25.9 Å². The van der Waals surface area contributed by atoms with Crippen LogP contribution in [0.3, 0.4) is 0 Å². The molecule has 276 valence electrons. The van der Waals surface area contributed by atoms with Crippen molar-refractivity contribution in [2.24, 2.45) is 16.3 Å². The van der Waals surface area contributed by atoms with Crippen molar-refractivity contribution < 1.29 is 23.9 Å². The highest BCUT2D eigenvalue weighted by molar-refractivity contribution is 6.49. The van der Waals surface area contributed by atoms with Gasteiger partial charge in [0.15, 0.2) is 0 Å². The Labute approximate surface area is 303 Å². The molecule has 51 heavy (non-hydrogen) atoms. The molecule has 1 aliphatic carbocycles. The molecule has 1 aromatic carbocycles. The number of Topliss-reactive ketones (excluding diaryl/α,β-unsaturated/α-hetero) is 1. The van der Waals surface area contributed by atoms with E-state index in [1.807, 2.05) is 32.0 Å². The van der Waals surface area contributed by atoms with Gasteiger partial charge in [-0.1, -0.05) is 32.4 Å². The van der Waals surface area contributed by atoms with Gasteiger partial charge in [0.25, 0.3) is 5.56 Å². The van der Waals surface area contributed by atoms with Crippen LogP contribution in [0.25, 0.3) is 0 Å². The number of urea groups is 1. The Morgan fingerprint density at radius 1 is 1.10 bits per heavy atom. The lowest BCUT2D eigenvalue weighted by atomic mass is 9.82. The van der Waals surface area contributed by atoms with Crippen LogP contribution < -0.4 is 31.7 Å². The third-order valence-corrected chi connectivity index (χ3v) is 8.60. The number of aromatic nitrogens is 2. The zero-order valence-corrected chi connectivity index (χ0v) is 31.3. The second-order valence-electron chi connectivity index (χ2n) is 13.4. The third-order valence-electron chi connectivity index (χ3n) is 8.15. The Balaban J connectivity index is 1.43. The first-order chi connectivity index (χ1) is 24.0. The number of aliphatic imine (C=N–C) groups is 1. The number of aryl methyl sites for hydroxylation is 2. The minimum absolute atomic E-state index is 0.0129. The summed E-state index contributed by atoms with van der Waals surface area (Å²) in [6, 6.07) is 6.68. The van der Waals surface area contributed by atoms with E-state index in [9.17, 15) is 24.0 Å². The maximum Gasteiger partial charge on any atom is 0.407 e. The largest absolute Gasteiger partial charge is 0.448 e. The quantitative estimate of drug-likeness (QED) is 0.151. The number of allylic oxidation sites excluding steroid dienone is 3. The molecule has 0 fully saturated rings. The number of carbonyl (C=O) groups is 4. The van der Waals surface area contributed by atoms with Crippen LogP contribution in [0.5, 0.6) is 0 Å². The van der Waals surface area contributed by atoms with Crippen LogP contribution in [0.1, 0.15) is 65.6 Å². The van der Waals surface area contributed by atoms with Crippen molar-refractivity contribution in [2.75, 3.05) is 43.0 Å². The second kappa shape index (κ2) is 18.3. The monoisotopic (exact) mass is 724 g/mol. The Morgan fingerprint density at radius 2 is 1.82 bits per heavy atom. The maximum absolute atomic E-state index is 12.4. The van der Waals surface area contributed by atoms with E-state index in [-0.39, 0.29) is 46.1 Å². The summed E-state index contributed by atoms with van der Waals surface area (Å²) < 4.78 is 5.45. The molecule has 4 amide bonds. The van der Waals surface area contributed by atoms with E-state index in [1.54, 1.807) is 13.8 Å². The number of hydrogen-bond donors (Lipinski definition) is 5. The van der Waals surface area contributed by atoms with Crippen molar-refractivity contribution in [2.45, 2.75) is 68.2 Å². The fraction of sp³-hybridized carbons (Fsp3) is 0.472. The van der Waals surface area contributed by atoms with Crippen LogP contribution in [0, 0.1) is 25.2 Å². The lowest BCUT2D eigenvalue weighted by Crippen LogP contribution is -2.38. The summed E-state index contributed by atoms with van der Waals surface area (Å²) in [4.78, 5) is 73.7. The molecule has 0 bridgehead atoms. The van der Waals surface area contributed by atoms with Crippen LogP contribution in [-0.4, -0.2) is 72.3 Å². The van der Waals surface area contributed by atoms with Gasteiger partial charge in [-0.25, -0.2) is 19.6 Å². The Hall–Kier alpha value is -4.98. The molecule has 1 aromatic heterocycles. The van der Waals surface area contributed by atoms with E-state index in [0.717, 1.165) is 24.1 Å². The molecule has 0 saturated heterocycles. The van der Waals surface area contributed by atoms with Crippen molar-refractivity contribution in [3.05, 3.63) is 68.3 Å². The summed E-state index contributed by atoms with van der Waals surface area (Å²) in [5, 5.41) is 10.7. The number of H-pyrrole nitrogens is 1. The van der Waals surface area contributed by atoms with Crippen molar-refractivity contribution in [1.29, 1.82) is 0 Å².